The molecule has 0 heterocycles. The minimum Gasteiger partial charge on any atom is -0.481 e. The number of benzene rings is 2. The molecule has 0 spiro atoms. The normalized spacial score (nSPS) is 20.0. The van der Waals surface area contributed by atoms with Crippen molar-refractivity contribution in [3.8, 4) is 11.1 Å². The Morgan fingerprint density at radius 2 is 1.62 bits per heavy atom. The number of hydrogen-bond donors (Lipinski definition) is 3. The summed E-state index contributed by atoms with van der Waals surface area (Å²) < 4.78 is 5.67. The highest BCUT2D eigenvalue weighted by molar-refractivity contribution is 5.82. The number of aliphatic carboxylic acids is 1. The molecular formula is C27H32N2O5. The summed E-state index contributed by atoms with van der Waals surface area (Å²) in [5, 5.41) is 14.8. The lowest BCUT2D eigenvalue weighted by atomic mass is 9.83. The quantitative estimate of drug-likeness (QED) is 0.535. The van der Waals surface area contributed by atoms with Crippen LogP contribution in [0.4, 0.5) is 4.79 Å². The molecule has 2 unspecified atom stereocenters. The van der Waals surface area contributed by atoms with Gasteiger partial charge in [-0.25, -0.2) is 4.79 Å². The van der Waals surface area contributed by atoms with E-state index in [9.17, 15) is 14.4 Å². The Balaban J connectivity index is 1.37. The molecule has 34 heavy (non-hydrogen) atoms. The maximum atomic E-state index is 12.9. The van der Waals surface area contributed by atoms with E-state index in [0.29, 0.717) is 19.3 Å². The molecule has 7 heteroatoms. The van der Waals surface area contributed by atoms with Gasteiger partial charge >= 0.3 is 12.1 Å². The third-order valence-electron chi connectivity index (χ3n) is 7.01. The summed E-state index contributed by atoms with van der Waals surface area (Å²) in [7, 11) is 0. The standard InChI is InChI=1S/C27H32N2O5/c1-2-17(15-25(30)31)28-26(32)22-13-7-8-14-24(22)29-27(33)34-16-23-20-11-5-3-9-18(20)19-10-4-6-12-21(19)23/h3-6,9-12,17,22-24H,2,7-8,13-16H2,1H3,(H,28,32)(H,29,33)(H,30,31)/t17-,22?,24?/m0/s1. The minimum absolute atomic E-state index is 0.0232. The molecule has 0 aromatic heterocycles. The monoisotopic (exact) mass is 464 g/mol. The Morgan fingerprint density at radius 1 is 1.00 bits per heavy atom. The molecular weight excluding hydrogens is 432 g/mol. The van der Waals surface area contributed by atoms with E-state index in [-0.39, 0.29) is 30.9 Å². The summed E-state index contributed by atoms with van der Waals surface area (Å²) in [6.07, 6.45) is 3.07. The van der Waals surface area contributed by atoms with Crippen LogP contribution in [0.5, 0.6) is 0 Å². The Hall–Kier alpha value is -3.35. The third-order valence-corrected chi connectivity index (χ3v) is 7.01. The van der Waals surface area contributed by atoms with Crippen molar-refractivity contribution >= 4 is 18.0 Å². The average Bonchev–Trinajstić information content (AvgIpc) is 3.16. The highest BCUT2D eigenvalue weighted by atomic mass is 16.5. The first-order chi connectivity index (χ1) is 16.5. The van der Waals surface area contributed by atoms with Crippen molar-refractivity contribution in [3.05, 3.63) is 59.7 Å². The molecule has 7 nitrogen and oxygen atoms in total. The number of carboxylic acids is 1. The predicted molar refractivity (Wildman–Crippen MR) is 128 cm³/mol. The van der Waals surface area contributed by atoms with Crippen molar-refractivity contribution in [2.45, 2.75) is 63.5 Å². The Morgan fingerprint density at radius 3 is 2.24 bits per heavy atom. The molecule has 3 N–H and O–H groups in total. The van der Waals surface area contributed by atoms with Gasteiger partial charge in [0.05, 0.1) is 12.3 Å². The van der Waals surface area contributed by atoms with Crippen molar-refractivity contribution < 1.29 is 24.2 Å². The van der Waals surface area contributed by atoms with Crippen LogP contribution in [0.3, 0.4) is 0 Å². The number of ether oxygens (including phenoxy) is 1. The maximum absolute atomic E-state index is 12.9. The van der Waals surface area contributed by atoms with Crippen molar-refractivity contribution in [2.75, 3.05) is 6.61 Å². The Bertz CT molecular complexity index is 1010. The van der Waals surface area contributed by atoms with Crippen LogP contribution in [-0.4, -0.2) is 41.8 Å². The summed E-state index contributed by atoms with van der Waals surface area (Å²) >= 11 is 0. The number of nitrogens with one attached hydrogen (secondary N) is 2. The van der Waals surface area contributed by atoms with E-state index in [0.717, 1.165) is 24.0 Å². The molecule has 0 bridgehead atoms. The molecule has 1 saturated carbocycles. The zero-order valence-electron chi connectivity index (χ0n) is 19.5. The van der Waals surface area contributed by atoms with Gasteiger partial charge in [-0.3, -0.25) is 9.59 Å². The third kappa shape index (κ3) is 5.24. The van der Waals surface area contributed by atoms with Gasteiger partial charge in [0.25, 0.3) is 0 Å². The summed E-state index contributed by atoms with van der Waals surface area (Å²) in [4.78, 5) is 36.7. The second-order valence-corrected chi connectivity index (χ2v) is 9.18. The Kier molecular flexibility index (Phi) is 7.50. The van der Waals surface area contributed by atoms with Gasteiger partial charge in [-0.05, 0) is 41.5 Å². The highest BCUT2D eigenvalue weighted by Crippen LogP contribution is 2.44. The summed E-state index contributed by atoms with van der Waals surface area (Å²) in [6, 6.07) is 15.6. The predicted octanol–water partition coefficient (Wildman–Crippen LogP) is 4.45. The fourth-order valence-electron chi connectivity index (χ4n) is 5.23. The molecule has 1 fully saturated rings. The van der Waals surface area contributed by atoms with Gasteiger partial charge < -0.3 is 20.5 Å². The molecule has 2 aromatic carbocycles. The van der Waals surface area contributed by atoms with E-state index in [1.54, 1.807) is 0 Å². The van der Waals surface area contributed by atoms with Gasteiger partial charge in [-0.2, -0.15) is 0 Å². The second kappa shape index (κ2) is 10.7. The number of amides is 2. The smallest absolute Gasteiger partial charge is 0.407 e. The first kappa shape index (κ1) is 23.8. The van der Waals surface area contributed by atoms with E-state index in [1.807, 2.05) is 31.2 Å². The van der Waals surface area contributed by atoms with Crippen LogP contribution < -0.4 is 10.6 Å². The molecule has 3 atom stereocenters. The lowest BCUT2D eigenvalue weighted by Crippen LogP contribution is -2.50. The van der Waals surface area contributed by atoms with Crippen molar-refractivity contribution in [1.29, 1.82) is 0 Å². The van der Waals surface area contributed by atoms with Crippen LogP contribution in [0.15, 0.2) is 48.5 Å². The van der Waals surface area contributed by atoms with E-state index < -0.39 is 24.0 Å². The largest absolute Gasteiger partial charge is 0.481 e. The summed E-state index contributed by atoms with van der Waals surface area (Å²) in [5.74, 6) is -1.55. The molecule has 0 saturated heterocycles. The summed E-state index contributed by atoms with van der Waals surface area (Å²) in [6.45, 7) is 2.07. The molecule has 2 amide bonds. The van der Waals surface area contributed by atoms with Crippen LogP contribution in [0, 0.1) is 5.92 Å². The molecule has 180 valence electrons. The van der Waals surface area contributed by atoms with Gasteiger partial charge in [0.15, 0.2) is 0 Å². The number of carboxylic acid groups (broad SMARTS) is 1. The first-order valence-electron chi connectivity index (χ1n) is 12.1. The maximum Gasteiger partial charge on any atom is 0.407 e. The number of alkyl carbamates (subject to hydrolysis) is 1. The van der Waals surface area contributed by atoms with Crippen molar-refractivity contribution in [3.63, 3.8) is 0 Å². The van der Waals surface area contributed by atoms with Gasteiger partial charge in [-0.15, -0.1) is 0 Å². The summed E-state index contributed by atoms with van der Waals surface area (Å²) in [5.41, 5.74) is 4.64. The van der Waals surface area contributed by atoms with E-state index >= 15 is 0 Å². The van der Waals surface area contributed by atoms with Gasteiger partial charge in [0.2, 0.25) is 5.91 Å². The molecule has 2 aliphatic rings. The highest BCUT2D eigenvalue weighted by Gasteiger charge is 2.34. The SMILES string of the molecule is CC[C@@H](CC(=O)O)NC(=O)C1CCCCC1NC(=O)OCC1c2ccccc2-c2ccccc21. The van der Waals surface area contributed by atoms with E-state index in [2.05, 4.69) is 34.9 Å². The van der Waals surface area contributed by atoms with Crippen LogP contribution in [0.1, 0.15) is 62.5 Å². The van der Waals surface area contributed by atoms with Gasteiger partial charge in [0, 0.05) is 18.0 Å². The number of hydrogen-bond acceptors (Lipinski definition) is 4. The lowest BCUT2D eigenvalue weighted by Gasteiger charge is -2.32. The van der Waals surface area contributed by atoms with Crippen LogP contribution in [-0.2, 0) is 14.3 Å². The van der Waals surface area contributed by atoms with E-state index in [4.69, 9.17) is 9.84 Å². The second-order valence-electron chi connectivity index (χ2n) is 9.18. The number of rotatable bonds is 8. The van der Waals surface area contributed by atoms with Crippen LogP contribution >= 0.6 is 0 Å². The minimum atomic E-state index is -0.941. The fourth-order valence-corrected chi connectivity index (χ4v) is 5.23. The van der Waals surface area contributed by atoms with Crippen LogP contribution in [0.25, 0.3) is 11.1 Å². The lowest BCUT2D eigenvalue weighted by molar-refractivity contribution is -0.138. The fraction of sp³-hybridized carbons (Fsp3) is 0.444. The van der Waals surface area contributed by atoms with Crippen LogP contribution in [0.2, 0.25) is 0 Å². The molecule has 4 rings (SSSR count). The van der Waals surface area contributed by atoms with E-state index in [1.165, 1.54) is 11.1 Å². The number of carbonyl (C=O) groups excluding carboxylic acids is 2. The zero-order valence-corrected chi connectivity index (χ0v) is 19.5. The first-order valence-corrected chi connectivity index (χ1v) is 12.1. The molecule has 2 aromatic rings. The zero-order chi connectivity index (χ0) is 24.1. The topological polar surface area (TPSA) is 105 Å². The number of fused-ring (bicyclic) bond motifs is 3. The van der Waals surface area contributed by atoms with Gasteiger partial charge in [0.1, 0.15) is 6.61 Å². The molecule has 0 aliphatic heterocycles. The molecule has 0 radical (unpaired) electrons. The van der Waals surface area contributed by atoms with Crippen molar-refractivity contribution in [1.82, 2.24) is 10.6 Å². The average molecular weight is 465 g/mol. The number of carbonyl (C=O) groups is 3. The molecule has 2 aliphatic carbocycles. The Labute approximate surface area is 199 Å². The van der Waals surface area contributed by atoms with Crippen molar-refractivity contribution in [2.24, 2.45) is 5.92 Å². The van der Waals surface area contributed by atoms with Gasteiger partial charge in [-0.1, -0.05) is 68.3 Å².